The second kappa shape index (κ2) is 7.09. The lowest BCUT2D eigenvalue weighted by molar-refractivity contribution is 0.242. The van der Waals surface area contributed by atoms with E-state index in [1.807, 2.05) is 38.1 Å². The fourth-order valence-electron chi connectivity index (χ4n) is 1.71. The van der Waals surface area contributed by atoms with Crippen molar-refractivity contribution < 1.29 is 4.74 Å². The van der Waals surface area contributed by atoms with Crippen LogP contribution in [0.1, 0.15) is 38.3 Å². The zero-order chi connectivity index (χ0) is 12.7. The van der Waals surface area contributed by atoms with Gasteiger partial charge >= 0.3 is 0 Å². The average Bonchev–Trinajstić information content (AvgIpc) is 2.30. The van der Waals surface area contributed by atoms with E-state index in [2.05, 4.69) is 18.1 Å². The summed E-state index contributed by atoms with van der Waals surface area (Å²) >= 11 is 0. The number of benzene rings is 1. The van der Waals surface area contributed by atoms with Gasteiger partial charge in [-0.3, -0.25) is 11.3 Å². The van der Waals surface area contributed by atoms with Gasteiger partial charge in [-0.15, -0.1) is 6.58 Å². The summed E-state index contributed by atoms with van der Waals surface area (Å²) in [6.45, 7) is 7.76. The van der Waals surface area contributed by atoms with Gasteiger partial charge in [0.2, 0.25) is 0 Å². The first kappa shape index (κ1) is 13.7. The van der Waals surface area contributed by atoms with Gasteiger partial charge in [-0.2, -0.15) is 0 Å². The molecule has 1 rings (SSSR count). The van der Waals surface area contributed by atoms with Crippen LogP contribution in [0.15, 0.2) is 36.9 Å². The number of allylic oxidation sites excluding steroid dienone is 1. The third-order valence-corrected chi connectivity index (χ3v) is 2.49. The molecule has 3 nitrogen and oxygen atoms in total. The predicted molar refractivity (Wildman–Crippen MR) is 71.7 cm³/mol. The molecule has 0 radical (unpaired) electrons. The Morgan fingerprint density at radius 3 is 2.82 bits per heavy atom. The SMILES string of the molecule is C=CCCC(NN)c1cccc(OC(C)C)c1. The van der Waals surface area contributed by atoms with E-state index in [9.17, 15) is 0 Å². The van der Waals surface area contributed by atoms with Gasteiger partial charge in [0.15, 0.2) is 0 Å². The predicted octanol–water partition coefficient (Wildman–Crippen LogP) is 2.94. The molecule has 3 heteroatoms. The third kappa shape index (κ3) is 4.59. The van der Waals surface area contributed by atoms with E-state index in [0.717, 1.165) is 24.2 Å². The maximum Gasteiger partial charge on any atom is 0.120 e. The molecule has 0 saturated heterocycles. The molecule has 0 saturated carbocycles. The fourth-order valence-corrected chi connectivity index (χ4v) is 1.71. The molecule has 1 unspecified atom stereocenters. The van der Waals surface area contributed by atoms with E-state index >= 15 is 0 Å². The minimum absolute atomic E-state index is 0.142. The van der Waals surface area contributed by atoms with Crippen LogP contribution in [0.5, 0.6) is 5.75 Å². The fraction of sp³-hybridized carbons (Fsp3) is 0.429. The van der Waals surface area contributed by atoms with Crippen molar-refractivity contribution in [3.05, 3.63) is 42.5 Å². The van der Waals surface area contributed by atoms with Crippen molar-refractivity contribution in [3.8, 4) is 5.75 Å². The Morgan fingerprint density at radius 2 is 2.24 bits per heavy atom. The largest absolute Gasteiger partial charge is 0.491 e. The molecule has 0 aliphatic heterocycles. The maximum absolute atomic E-state index is 5.67. The van der Waals surface area contributed by atoms with E-state index < -0.39 is 0 Å². The van der Waals surface area contributed by atoms with Crippen LogP contribution >= 0.6 is 0 Å². The molecule has 1 atom stereocenters. The molecule has 0 aliphatic rings. The number of hydrogen-bond acceptors (Lipinski definition) is 3. The van der Waals surface area contributed by atoms with E-state index in [1.165, 1.54) is 0 Å². The highest BCUT2D eigenvalue weighted by Crippen LogP contribution is 2.22. The Hall–Kier alpha value is -1.32. The van der Waals surface area contributed by atoms with E-state index in [4.69, 9.17) is 10.6 Å². The summed E-state index contributed by atoms with van der Waals surface area (Å²) in [6, 6.07) is 8.19. The molecule has 0 aromatic heterocycles. The third-order valence-electron chi connectivity index (χ3n) is 2.49. The summed E-state index contributed by atoms with van der Waals surface area (Å²) in [6.07, 6.45) is 3.95. The summed E-state index contributed by atoms with van der Waals surface area (Å²) in [7, 11) is 0. The lowest BCUT2D eigenvalue weighted by Gasteiger charge is -2.17. The zero-order valence-electron chi connectivity index (χ0n) is 10.6. The first-order valence-electron chi connectivity index (χ1n) is 6.01. The van der Waals surface area contributed by atoms with Crippen molar-refractivity contribution in [2.75, 3.05) is 0 Å². The van der Waals surface area contributed by atoms with Gasteiger partial charge in [-0.1, -0.05) is 18.2 Å². The molecule has 1 aromatic rings. The summed E-state index contributed by atoms with van der Waals surface area (Å²) in [5.74, 6) is 6.46. The van der Waals surface area contributed by atoms with Crippen molar-refractivity contribution >= 4 is 0 Å². The van der Waals surface area contributed by atoms with Crippen molar-refractivity contribution in [2.24, 2.45) is 5.84 Å². The number of nitrogens with one attached hydrogen (secondary N) is 1. The normalized spacial score (nSPS) is 12.5. The molecule has 17 heavy (non-hydrogen) atoms. The maximum atomic E-state index is 5.67. The number of nitrogens with two attached hydrogens (primary N) is 1. The Balaban J connectivity index is 2.77. The smallest absolute Gasteiger partial charge is 0.120 e. The van der Waals surface area contributed by atoms with Crippen LogP contribution in [0, 0.1) is 0 Å². The minimum Gasteiger partial charge on any atom is -0.491 e. The Kier molecular flexibility index (Phi) is 5.73. The van der Waals surface area contributed by atoms with Gasteiger partial charge in [0.05, 0.1) is 6.10 Å². The van der Waals surface area contributed by atoms with E-state index in [0.29, 0.717) is 0 Å². The minimum atomic E-state index is 0.142. The summed E-state index contributed by atoms with van der Waals surface area (Å²) in [5.41, 5.74) is 3.98. The van der Waals surface area contributed by atoms with Crippen LogP contribution in [0.3, 0.4) is 0 Å². The molecule has 0 spiro atoms. The van der Waals surface area contributed by atoms with Crippen molar-refractivity contribution in [1.29, 1.82) is 0 Å². The van der Waals surface area contributed by atoms with Gasteiger partial charge in [0, 0.05) is 6.04 Å². The lowest BCUT2D eigenvalue weighted by atomic mass is 10.0. The molecule has 0 aliphatic carbocycles. The molecule has 0 bridgehead atoms. The monoisotopic (exact) mass is 234 g/mol. The summed E-state index contributed by atoms with van der Waals surface area (Å²) < 4.78 is 5.67. The topological polar surface area (TPSA) is 47.3 Å². The van der Waals surface area contributed by atoms with Crippen LogP contribution in [-0.2, 0) is 0 Å². The highest BCUT2D eigenvalue weighted by molar-refractivity contribution is 5.30. The second-order valence-corrected chi connectivity index (χ2v) is 4.32. The summed E-state index contributed by atoms with van der Waals surface area (Å²) in [5, 5.41) is 0. The van der Waals surface area contributed by atoms with Gasteiger partial charge in [-0.25, -0.2) is 0 Å². The average molecular weight is 234 g/mol. The molecule has 94 valence electrons. The first-order chi connectivity index (χ1) is 8.17. The number of ether oxygens (including phenoxy) is 1. The Labute approximate surface area is 104 Å². The van der Waals surface area contributed by atoms with Crippen LogP contribution in [0.25, 0.3) is 0 Å². The number of hydrazine groups is 1. The van der Waals surface area contributed by atoms with Crippen molar-refractivity contribution in [1.82, 2.24) is 5.43 Å². The lowest BCUT2D eigenvalue weighted by Crippen LogP contribution is -2.27. The van der Waals surface area contributed by atoms with Gasteiger partial charge < -0.3 is 4.74 Å². The first-order valence-corrected chi connectivity index (χ1v) is 6.01. The van der Waals surface area contributed by atoms with E-state index in [1.54, 1.807) is 0 Å². The Morgan fingerprint density at radius 1 is 1.47 bits per heavy atom. The van der Waals surface area contributed by atoms with Gasteiger partial charge in [0.25, 0.3) is 0 Å². The zero-order valence-corrected chi connectivity index (χ0v) is 10.6. The molecule has 3 N–H and O–H groups in total. The van der Waals surface area contributed by atoms with Gasteiger partial charge in [-0.05, 0) is 44.4 Å². The van der Waals surface area contributed by atoms with Crippen molar-refractivity contribution in [3.63, 3.8) is 0 Å². The molecule has 0 heterocycles. The number of hydrogen-bond donors (Lipinski definition) is 2. The van der Waals surface area contributed by atoms with Crippen molar-refractivity contribution in [2.45, 2.75) is 38.8 Å². The number of rotatable bonds is 7. The Bertz CT molecular complexity index is 350. The van der Waals surface area contributed by atoms with Crippen LogP contribution in [0.4, 0.5) is 0 Å². The van der Waals surface area contributed by atoms with Crippen LogP contribution < -0.4 is 16.0 Å². The molecule has 1 aromatic carbocycles. The highest BCUT2D eigenvalue weighted by atomic mass is 16.5. The standard InChI is InChI=1S/C14H22N2O/c1-4-5-9-14(16-15)12-7-6-8-13(10-12)17-11(2)3/h4,6-8,10-11,14,16H,1,5,9,15H2,2-3H3. The highest BCUT2D eigenvalue weighted by Gasteiger charge is 2.09. The molecule has 0 fully saturated rings. The van der Waals surface area contributed by atoms with Crippen LogP contribution in [0.2, 0.25) is 0 Å². The summed E-state index contributed by atoms with van der Waals surface area (Å²) in [4.78, 5) is 0. The molecular weight excluding hydrogens is 212 g/mol. The van der Waals surface area contributed by atoms with Gasteiger partial charge in [0.1, 0.15) is 5.75 Å². The quantitative estimate of drug-likeness (QED) is 0.433. The molecular formula is C14H22N2O. The molecule has 0 amide bonds. The second-order valence-electron chi connectivity index (χ2n) is 4.32. The van der Waals surface area contributed by atoms with E-state index in [-0.39, 0.29) is 12.1 Å². The van der Waals surface area contributed by atoms with Crippen LogP contribution in [-0.4, -0.2) is 6.10 Å².